The highest BCUT2D eigenvalue weighted by molar-refractivity contribution is 7.10. The molecule has 0 saturated heterocycles. The highest BCUT2D eigenvalue weighted by atomic mass is 32.1. The third-order valence-electron chi connectivity index (χ3n) is 2.81. The van der Waals surface area contributed by atoms with Crippen molar-refractivity contribution in [2.75, 3.05) is 17.7 Å². The molecule has 2 aromatic heterocycles. The summed E-state index contributed by atoms with van der Waals surface area (Å²) in [4.78, 5) is 5.16. The molecule has 2 aromatic rings. The van der Waals surface area contributed by atoms with Crippen molar-refractivity contribution in [1.29, 1.82) is 0 Å². The molecule has 0 amide bonds. The van der Waals surface area contributed by atoms with Crippen molar-refractivity contribution >= 4 is 23.0 Å². The van der Waals surface area contributed by atoms with E-state index in [4.69, 9.17) is 0 Å². The Morgan fingerprint density at radius 3 is 2.50 bits per heavy atom. The molecular formula is C13H14F3N3S. The van der Waals surface area contributed by atoms with E-state index in [2.05, 4.69) is 15.6 Å². The number of hydrogen-bond donors (Lipinski definition) is 2. The summed E-state index contributed by atoms with van der Waals surface area (Å²) in [5.74, 6) is 0.391. The average Bonchev–Trinajstić information content (AvgIpc) is 2.80. The molecule has 20 heavy (non-hydrogen) atoms. The maximum Gasteiger partial charge on any atom is 0.416 e. The van der Waals surface area contributed by atoms with Crippen LogP contribution >= 0.6 is 11.3 Å². The number of alkyl halides is 3. The Balaban J connectivity index is 2.21. The molecule has 2 N–H and O–H groups in total. The molecule has 108 valence electrons. The summed E-state index contributed by atoms with van der Waals surface area (Å²) < 4.78 is 38.3. The Labute approximate surface area is 118 Å². The van der Waals surface area contributed by atoms with Crippen molar-refractivity contribution in [3.8, 4) is 0 Å². The Hall–Kier alpha value is -1.76. The lowest BCUT2D eigenvalue weighted by Crippen LogP contribution is -2.09. The summed E-state index contributed by atoms with van der Waals surface area (Å²) in [6.45, 7) is 2.42. The summed E-state index contributed by atoms with van der Waals surface area (Å²) in [6.07, 6.45) is -4.39. The van der Waals surface area contributed by atoms with Gasteiger partial charge in [0.2, 0.25) is 0 Å². The van der Waals surface area contributed by atoms with Gasteiger partial charge < -0.3 is 10.6 Å². The van der Waals surface area contributed by atoms with Gasteiger partial charge in [-0.15, -0.1) is 11.3 Å². The Morgan fingerprint density at radius 1 is 1.25 bits per heavy atom. The molecule has 0 aliphatic heterocycles. The van der Waals surface area contributed by atoms with E-state index in [0.717, 1.165) is 22.6 Å². The van der Waals surface area contributed by atoms with Gasteiger partial charge in [0.25, 0.3) is 0 Å². The number of hydrogen-bond acceptors (Lipinski definition) is 4. The van der Waals surface area contributed by atoms with Crippen LogP contribution in [-0.4, -0.2) is 12.0 Å². The topological polar surface area (TPSA) is 37.0 Å². The van der Waals surface area contributed by atoms with E-state index in [1.807, 2.05) is 18.4 Å². The third kappa shape index (κ3) is 3.41. The van der Waals surface area contributed by atoms with Crippen LogP contribution in [0.4, 0.5) is 24.8 Å². The zero-order chi connectivity index (χ0) is 14.8. The summed E-state index contributed by atoms with van der Waals surface area (Å²) in [6, 6.07) is 3.98. The van der Waals surface area contributed by atoms with E-state index < -0.39 is 11.7 Å². The van der Waals surface area contributed by atoms with E-state index >= 15 is 0 Å². The highest BCUT2D eigenvalue weighted by Crippen LogP contribution is 2.32. The minimum atomic E-state index is -4.39. The maximum atomic E-state index is 12.8. The van der Waals surface area contributed by atoms with Gasteiger partial charge in [-0.25, -0.2) is 4.98 Å². The van der Waals surface area contributed by atoms with Crippen LogP contribution < -0.4 is 10.6 Å². The fourth-order valence-electron chi connectivity index (χ4n) is 1.67. The van der Waals surface area contributed by atoms with Crippen LogP contribution in [0.1, 0.15) is 16.0 Å². The number of anilines is 2. The zero-order valence-electron chi connectivity index (χ0n) is 11.0. The fraction of sp³-hybridized carbons (Fsp3) is 0.308. The second-order valence-electron chi connectivity index (χ2n) is 4.25. The Morgan fingerprint density at radius 2 is 1.95 bits per heavy atom. The molecule has 0 unspecified atom stereocenters. The van der Waals surface area contributed by atoms with Gasteiger partial charge in [0, 0.05) is 11.9 Å². The molecule has 2 heterocycles. The molecule has 7 heteroatoms. The number of pyridine rings is 1. The molecule has 0 fully saturated rings. The highest BCUT2D eigenvalue weighted by Gasteiger charge is 2.31. The van der Waals surface area contributed by atoms with Crippen molar-refractivity contribution in [2.45, 2.75) is 19.6 Å². The SMILES string of the molecule is CNc1cc(C(F)(F)F)cc(NCc2sccc2C)n1. The molecule has 2 rings (SSSR count). The summed E-state index contributed by atoms with van der Waals surface area (Å²) in [5, 5.41) is 7.52. The van der Waals surface area contributed by atoms with E-state index in [-0.39, 0.29) is 11.6 Å². The second-order valence-corrected chi connectivity index (χ2v) is 5.26. The first-order chi connectivity index (χ1) is 9.40. The molecule has 0 saturated carbocycles. The van der Waals surface area contributed by atoms with Crippen molar-refractivity contribution in [3.05, 3.63) is 39.6 Å². The van der Waals surface area contributed by atoms with E-state index in [1.54, 1.807) is 11.3 Å². The predicted molar refractivity (Wildman–Crippen MR) is 75.2 cm³/mol. The van der Waals surface area contributed by atoms with Crippen LogP contribution in [0.15, 0.2) is 23.6 Å². The van der Waals surface area contributed by atoms with Crippen LogP contribution in [0.3, 0.4) is 0 Å². The van der Waals surface area contributed by atoms with Gasteiger partial charge in [0.05, 0.1) is 12.1 Å². The fourth-order valence-corrected chi connectivity index (χ4v) is 2.51. The van der Waals surface area contributed by atoms with Crippen molar-refractivity contribution in [3.63, 3.8) is 0 Å². The largest absolute Gasteiger partial charge is 0.416 e. The number of rotatable bonds is 4. The predicted octanol–water partition coefficient (Wildman–Crippen LogP) is 4.12. The normalized spacial score (nSPS) is 11.4. The molecule has 0 aromatic carbocycles. The molecule has 0 aliphatic carbocycles. The number of thiophene rings is 1. The van der Waals surface area contributed by atoms with Gasteiger partial charge in [-0.05, 0) is 36.1 Å². The standard InChI is InChI=1S/C13H14F3N3S/c1-8-3-4-20-10(8)7-18-12-6-9(13(14,15)16)5-11(17-2)19-12/h3-6H,7H2,1-2H3,(H2,17,18,19). The van der Waals surface area contributed by atoms with Crippen LogP contribution in [0.2, 0.25) is 0 Å². The minimum absolute atomic E-state index is 0.185. The van der Waals surface area contributed by atoms with Crippen LogP contribution in [0.25, 0.3) is 0 Å². The lowest BCUT2D eigenvalue weighted by molar-refractivity contribution is -0.137. The van der Waals surface area contributed by atoms with E-state index in [0.29, 0.717) is 6.54 Å². The lowest BCUT2D eigenvalue weighted by atomic mass is 10.2. The first kappa shape index (κ1) is 14.6. The summed E-state index contributed by atoms with van der Waals surface area (Å²) >= 11 is 1.56. The Kier molecular flexibility index (Phi) is 4.17. The number of halogens is 3. The van der Waals surface area contributed by atoms with Crippen LogP contribution in [0.5, 0.6) is 0 Å². The number of aromatic nitrogens is 1. The second kappa shape index (κ2) is 5.70. The van der Waals surface area contributed by atoms with Gasteiger partial charge >= 0.3 is 6.18 Å². The number of nitrogens with one attached hydrogen (secondary N) is 2. The molecule has 0 bridgehead atoms. The van der Waals surface area contributed by atoms with Gasteiger partial charge in [0.15, 0.2) is 0 Å². The van der Waals surface area contributed by atoms with Crippen LogP contribution in [-0.2, 0) is 12.7 Å². The first-order valence-electron chi connectivity index (χ1n) is 5.94. The maximum absolute atomic E-state index is 12.8. The van der Waals surface area contributed by atoms with Crippen LogP contribution in [0, 0.1) is 6.92 Å². The summed E-state index contributed by atoms with van der Waals surface area (Å²) in [7, 11) is 1.54. The first-order valence-corrected chi connectivity index (χ1v) is 6.82. The quantitative estimate of drug-likeness (QED) is 0.892. The Bertz CT molecular complexity index is 593. The molecule has 0 atom stereocenters. The van der Waals surface area contributed by atoms with Gasteiger partial charge in [-0.2, -0.15) is 13.2 Å². The lowest BCUT2D eigenvalue weighted by Gasteiger charge is -2.12. The van der Waals surface area contributed by atoms with E-state index in [9.17, 15) is 13.2 Å². The third-order valence-corrected chi connectivity index (χ3v) is 3.83. The molecule has 0 radical (unpaired) electrons. The molecule has 0 spiro atoms. The molecular weight excluding hydrogens is 287 g/mol. The van der Waals surface area contributed by atoms with Gasteiger partial charge in [0.1, 0.15) is 11.6 Å². The zero-order valence-corrected chi connectivity index (χ0v) is 11.8. The van der Waals surface area contributed by atoms with Crippen molar-refractivity contribution < 1.29 is 13.2 Å². The smallest absolute Gasteiger partial charge is 0.373 e. The van der Waals surface area contributed by atoms with Gasteiger partial charge in [-0.1, -0.05) is 0 Å². The van der Waals surface area contributed by atoms with Crippen molar-refractivity contribution in [2.24, 2.45) is 0 Å². The summed E-state index contributed by atoms with van der Waals surface area (Å²) in [5.41, 5.74) is 0.394. The molecule has 3 nitrogen and oxygen atoms in total. The van der Waals surface area contributed by atoms with Gasteiger partial charge in [-0.3, -0.25) is 0 Å². The van der Waals surface area contributed by atoms with Crippen molar-refractivity contribution in [1.82, 2.24) is 4.98 Å². The van der Waals surface area contributed by atoms with E-state index in [1.165, 1.54) is 7.05 Å². The minimum Gasteiger partial charge on any atom is -0.373 e. The molecule has 0 aliphatic rings. The number of aryl methyl sites for hydroxylation is 1. The number of nitrogens with zero attached hydrogens (tertiary/aromatic N) is 1. The monoisotopic (exact) mass is 301 g/mol. The average molecular weight is 301 g/mol.